The Morgan fingerprint density at radius 3 is 2.36 bits per heavy atom. The molecule has 0 saturated carbocycles. The van der Waals surface area contributed by atoms with Crippen LogP contribution in [-0.4, -0.2) is 37.0 Å². The number of amidine groups is 1. The number of nitrogens with one attached hydrogen (secondary N) is 3. The van der Waals surface area contributed by atoms with Gasteiger partial charge in [-0.2, -0.15) is 0 Å². The lowest BCUT2D eigenvalue weighted by Gasteiger charge is -2.27. The van der Waals surface area contributed by atoms with Crippen molar-refractivity contribution in [1.82, 2.24) is 5.32 Å². The van der Waals surface area contributed by atoms with Crippen molar-refractivity contribution in [2.24, 2.45) is 4.99 Å². The predicted molar refractivity (Wildman–Crippen MR) is 158 cm³/mol. The minimum Gasteiger partial charge on any atom is -0.497 e. The average Bonchev–Trinajstić information content (AvgIpc) is 2.93. The molecule has 0 bridgehead atoms. The number of amides is 2. The van der Waals surface area contributed by atoms with Gasteiger partial charge in [0.1, 0.15) is 17.5 Å². The normalized spacial score (nSPS) is 14.7. The van der Waals surface area contributed by atoms with Gasteiger partial charge >= 0.3 is 0 Å². The summed E-state index contributed by atoms with van der Waals surface area (Å²) in [4.78, 5) is 31.1. The monoisotopic (exact) mass is 544 g/mol. The zero-order chi connectivity index (χ0) is 27.9. The number of thioether (sulfide) groups is 1. The Balaban J connectivity index is 1.59. The number of nitrogens with zero attached hydrogens (tertiary/aromatic N) is 1. The summed E-state index contributed by atoms with van der Waals surface area (Å²) in [6.45, 7) is 5.87. The van der Waals surface area contributed by atoms with Crippen LogP contribution in [0.3, 0.4) is 0 Å². The van der Waals surface area contributed by atoms with Gasteiger partial charge in [-0.05, 0) is 68.3 Å². The molecule has 1 heterocycles. The van der Waals surface area contributed by atoms with E-state index in [1.807, 2.05) is 75.4 Å². The van der Waals surface area contributed by atoms with Crippen LogP contribution in [0.1, 0.15) is 29.7 Å². The molecule has 2 amide bonds. The second-order valence-corrected chi connectivity index (χ2v) is 10.0. The number of rotatable bonds is 8. The van der Waals surface area contributed by atoms with Crippen LogP contribution in [0.15, 0.2) is 83.0 Å². The van der Waals surface area contributed by atoms with Crippen LogP contribution in [0.2, 0.25) is 0 Å². The van der Waals surface area contributed by atoms with Crippen molar-refractivity contribution >= 4 is 40.1 Å². The predicted octanol–water partition coefficient (Wildman–Crippen LogP) is 5.61. The number of para-hydroxylation sites is 1. The van der Waals surface area contributed by atoms with E-state index in [-0.39, 0.29) is 17.6 Å². The highest BCUT2D eigenvalue weighted by atomic mass is 32.2. The molecule has 0 aliphatic carbocycles. The molecule has 1 aliphatic heterocycles. The topological polar surface area (TPSA) is 101 Å². The Morgan fingerprint density at radius 2 is 1.67 bits per heavy atom. The van der Waals surface area contributed by atoms with Gasteiger partial charge in [0.05, 0.1) is 25.5 Å². The smallest absolute Gasteiger partial charge is 0.255 e. The molecule has 0 aromatic heterocycles. The van der Waals surface area contributed by atoms with Crippen molar-refractivity contribution in [3.8, 4) is 11.5 Å². The van der Waals surface area contributed by atoms with Crippen LogP contribution in [0.4, 0.5) is 11.4 Å². The van der Waals surface area contributed by atoms with Crippen LogP contribution in [0, 0.1) is 13.8 Å². The molecule has 4 rings (SSSR count). The molecular weight excluding hydrogens is 512 g/mol. The first-order valence-electron chi connectivity index (χ1n) is 12.4. The van der Waals surface area contributed by atoms with Crippen LogP contribution in [0.5, 0.6) is 11.5 Å². The molecule has 0 fully saturated rings. The van der Waals surface area contributed by atoms with Crippen LogP contribution in [0.25, 0.3) is 0 Å². The number of hydrogen-bond donors (Lipinski definition) is 3. The molecule has 0 unspecified atom stereocenters. The van der Waals surface area contributed by atoms with Gasteiger partial charge in [-0.25, -0.2) is 4.99 Å². The third-order valence-electron chi connectivity index (χ3n) is 6.36. The first-order chi connectivity index (χ1) is 18.8. The molecular formula is C30H32N4O4S. The molecule has 39 heavy (non-hydrogen) atoms. The van der Waals surface area contributed by atoms with E-state index >= 15 is 0 Å². The number of aryl methyl sites for hydroxylation is 2. The van der Waals surface area contributed by atoms with Gasteiger partial charge in [0.25, 0.3) is 5.91 Å². The molecule has 9 heteroatoms. The second-order valence-electron chi connectivity index (χ2n) is 9.06. The van der Waals surface area contributed by atoms with Crippen molar-refractivity contribution in [2.75, 3.05) is 30.6 Å². The average molecular weight is 545 g/mol. The molecule has 0 saturated heterocycles. The van der Waals surface area contributed by atoms with Gasteiger partial charge in [0, 0.05) is 28.7 Å². The molecule has 202 valence electrons. The van der Waals surface area contributed by atoms with E-state index in [1.54, 1.807) is 26.4 Å². The summed E-state index contributed by atoms with van der Waals surface area (Å²) in [5, 5.41) is 9.64. The first-order valence-corrected chi connectivity index (χ1v) is 13.4. The molecule has 0 spiro atoms. The van der Waals surface area contributed by atoms with Crippen LogP contribution >= 0.6 is 11.8 Å². The zero-order valence-electron chi connectivity index (χ0n) is 22.6. The second kappa shape index (κ2) is 12.5. The highest BCUT2D eigenvalue weighted by molar-refractivity contribution is 8.14. The third-order valence-corrected chi connectivity index (χ3v) is 7.25. The van der Waals surface area contributed by atoms with Crippen molar-refractivity contribution in [2.45, 2.75) is 26.8 Å². The number of hydrogen-bond acceptors (Lipinski definition) is 7. The summed E-state index contributed by atoms with van der Waals surface area (Å²) in [7, 11) is 3.15. The Hall–Kier alpha value is -4.24. The molecule has 8 nitrogen and oxygen atoms in total. The molecule has 3 N–H and O–H groups in total. The number of ether oxygens (including phenoxy) is 2. The minimum atomic E-state index is -0.666. The zero-order valence-corrected chi connectivity index (χ0v) is 23.4. The van der Waals surface area contributed by atoms with Gasteiger partial charge in [-0.3, -0.25) is 9.59 Å². The number of carbonyl (C=O) groups is 2. The molecule has 1 aliphatic rings. The standard InChI is InChI=1S/C30H32N4O4S/c1-18-11-12-22(15-19(18)2)32-26(35)17-39-30-31-20(3)27(29(36)33-21-9-7-6-8-10-21)28(34-30)24-14-13-23(37-4)16-25(24)38-5/h6-16,28H,17H2,1-5H3,(H,31,34)(H,32,35)(H,33,36)/t28-/m0/s1. The number of allylic oxidation sites excluding steroid dienone is 1. The highest BCUT2D eigenvalue weighted by Gasteiger charge is 2.32. The fourth-order valence-electron chi connectivity index (χ4n) is 4.15. The Labute approximate surface area is 232 Å². The van der Waals surface area contributed by atoms with Crippen LogP contribution in [-0.2, 0) is 9.59 Å². The van der Waals surface area contributed by atoms with Crippen molar-refractivity contribution < 1.29 is 19.1 Å². The number of carbonyl (C=O) groups excluding carboxylic acids is 2. The van der Waals surface area contributed by atoms with E-state index in [1.165, 1.54) is 11.8 Å². The van der Waals surface area contributed by atoms with Gasteiger partial charge in [0.15, 0.2) is 5.17 Å². The summed E-state index contributed by atoms with van der Waals surface area (Å²) in [6.07, 6.45) is 0. The summed E-state index contributed by atoms with van der Waals surface area (Å²) >= 11 is 1.27. The largest absolute Gasteiger partial charge is 0.497 e. The highest BCUT2D eigenvalue weighted by Crippen LogP contribution is 2.39. The fraction of sp³-hybridized carbons (Fsp3) is 0.233. The Kier molecular flexibility index (Phi) is 8.93. The number of methoxy groups -OCH3 is 2. The van der Waals surface area contributed by atoms with E-state index in [9.17, 15) is 9.59 Å². The number of anilines is 2. The van der Waals surface area contributed by atoms with Crippen molar-refractivity contribution in [3.05, 3.63) is 94.7 Å². The van der Waals surface area contributed by atoms with Gasteiger partial charge < -0.3 is 25.4 Å². The van der Waals surface area contributed by atoms with Crippen molar-refractivity contribution in [3.63, 3.8) is 0 Å². The quantitative estimate of drug-likeness (QED) is 0.341. The number of aliphatic imine (C=N–C) groups is 1. The van der Waals surface area contributed by atoms with Gasteiger partial charge in [0.2, 0.25) is 5.91 Å². The van der Waals surface area contributed by atoms with Crippen LogP contribution < -0.4 is 25.4 Å². The maximum Gasteiger partial charge on any atom is 0.255 e. The van der Waals surface area contributed by atoms with Gasteiger partial charge in [-0.15, -0.1) is 0 Å². The first kappa shape index (κ1) is 27.8. The SMILES string of the molecule is COc1ccc([C@@H]2N=C(SCC(=O)Nc3ccc(C)c(C)c3)NC(C)=C2C(=O)Nc2ccccc2)c(OC)c1. The minimum absolute atomic E-state index is 0.143. The maximum atomic E-state index is 13.5. The lowest BCUT2D eigenvalue weighted by molar-refractivity contribution is -0.114. The summed E-state index contributed by atoms with van der Waals surface area (Å²) in [6, 6.07) is 19.8. The van der Waals surface area contributed by atoms with E-state index in [4.69, 9.17) is 14.5 Å². The lowest BCUT2D eigenvalue weighted by atomic mass is 9.95. The van der Waals surface area contributed by atoms with E-state index in [0.717, 1.165) is 16.8 Å². The molecule has 0 radical (unpaired) electrons. The lowest BCUT2D eigenvalue weighted by Crippen LogP contribution is -2.33. The summed E-state index contributed by atoms with van der Waals surface area (Å²) in [5.74, 6) is 0.876. The number of benzene rings is 3. The van der Waals surface area contributed by atoms with E-state index in [2.05, 4.69) is 16.0 Å². The van der Waals surface area contributed by atoms with Crippen molar-refractivity contribution in [1.29, 1.82) is 0 Å². The summed E-state index contributed by atoms with van der Waals surface area (Å²) in [5.41, 5.74) is 5.49. The Morgan fingerprint density at radius 1 is 0.897 bits per heavy atom. The molecule has 3 aromatic carbocycles. The Bertz CT molecular complexity index is 1440. The van der Waals surface area contributed by atoms with E-state index in [0.29, 0.717) is 39.2 Å². The molecule has 3 aromatic rings. The third kappa shape index (κ3) is 6.80. The van der Waals surface area contributed by atoms with E-state index < -0.39 is 6.04 Å². The maximum absolute atomic E-state index is 13.5. The molecule has 1 atom stereocenters. The van der Waals surface area contributed by atoms with Gasteiger partial charge in [-0.1, -0.05) is 36.0 Å². The summed E-state index contributed by atoms with van der Waals surface area (Å²) < 4.78 is 11.0. The fourth-order valence-corrected chi connectivity index (χ4v) is 4.90.